The van der Waals surface area contributed by atoms with Crippen LogP contribution in [0.15, 0.2) is 18.2 Å². The van der Waals surface area contributed by atoms with E-state index >= 15 is 0 Å². The zero-order valence-electron chi connectivity index (χ0n) is 9.88. The van der Waals surface area contributed by atoms with Crippen molar-refractivity contribution in [3.63, 3.8) is 0 Å². The molecular formula is C13H17F2NO. The fourth-order valence-electron chi connectivity index (χ4n) is 2.26. The van der Waals surface area contributed by atoms with Crippen molar-refractivity contribution in [1.29, 1.82) is 0 Å². The molecule has 0 saturated heterocycles. The molecule has 1 aromatic carbocycles. The van der Waals surface area contributed by atoms with Crippen LogP contribution in [0.25, 0.3) is 0 Å². The molecule has 1 aromatic rings. The molecule has 0 heterocycles. The van der Waals surface area contributed by atoms with E-state index in [1.165, 1.54) is 0 Å². The van der Waals surface area contributed by atoms with Crippen LogP contribution in [0.1, 0.15) is 25.7 Å². The fourth-order valence-corrected chi connectivity index (χ4v) is 2.26. The highest BCUT2D eigenvalue weighted by molar-refractivity contribution is 5.25. The maximum absolute atomic E-state index is 13.4. The van der Waals surface area contributed by atoms with Crippen molar-refractivity contribution in [2.45, 2.75) is 37.8 Å². The molecule has 0 amide bonds. The first kappa shape index (κ1) is 12.3. The Morgan fingerprint density at radius 1 is 1.29 bits per heavy atom. The van der Waals surface area contributed by atoms with Gasteiger partial charge in [-0.3, -0.25) is 0 Å². The van der Waals surface area contributed by atoms with E-state index in [0.29, 0.717) is 6.04 Å². The van der Waals surface area contributed by atoms with Gasteiger partial charge < -0.3 is 10.1 Å². The van der Waals surface area contributed by atoms with Crippen LogP contribution in [0.5, 0.6) is 5.75 Å². The lowest BCUT2D eigenvalue weighted by atomic mass is 9.93. The highest BCUT2D eigenvalue weighted by atomic mass is 19.1. The van der Waals surface area contributed by atoms with E-state index in [-0.39, 0.29) is 11.9 Å². The summed E-state index contributed by atoms with van der Waals surface area (Å²) in [5, 5.41) is 3.20. The molecule has 4 heteroatoms. The molecule has 2 nitrogen and oxygen atoms in total. The average molecular weight is 241 g/mol. The minimum atomic E-state index is -0.502. The third kappa shape index (κ3) is 3.16. The third-order valence-corrected chi connectivity index (χ3v) is 3.22. The van der Waals surface area contributed by atoms with Crippen molar-refractivity contribution in [2.24, 2.45) is 0 Å². The zero-order chi connectivity index (χ0) is 12.3. The lowest BCUT2D eigenvalue weighted by Gasteiger charge is -2.29. The Balaban J connectivity index is 2.02. The predicted molar refractivity (Wildman–Crippen MR) is 62.1 cm³/mol. The van der Waals surface area contributed by atoms with Gasteiger partial charge >= 0.3 is 0 Å². The van der Waals surface area contributed by atoms with Crippen LogP contribution in [-0.4, -0.2) is 19.2 Å². The first-order valence-electron chi connectivity index (χ1n) is 5.98. The topological polar surface area (TPSA) is 21.3 Å². The molecule has 0 radical (unpaired) electrons. The number of benzene rings is 1. The Morgan fingerprint density at radius 2 is 2.12 bits per heavy atom. The number of rotatable bonds is 3. The van der Waals surface area contributed by atoms with Crippen LogP contribution in [0.2, 0.25) is 0 Å². The van der Waals surface area contributed by atoms with E-state index in [1.807, 2.05) is 7.05 Å². The molecule has 0 spiro atoms. The monoisotopic (exact) mass is 241 g/mol. The number of ether oxygens (including phenoxy) is 1. The highest BCUT2D eigenvalue weighted by Crippen LogP contribution is 2.26. The van der Waals surface area contributed by atoms with Crippen LogP contribution in [0.4, 0.5) is 8.78 Å². The van der Waals surface area contributed by atoms with Crippen molar-refractivity contribution < 1.29 is 13.5 Å². The van der Waals surface area contributed by atoms with Crippen LogP contribution in [0.3, 0.4) is 0 Å². The van der Waals surface area contributed by atoms with E-state index < -0.39 is 11.6 Å². The molecule has 2 atom stereocenters. The standard InChI is InChI=1S/C13H17F2NO/c1-16-10-3-2-4-11(8-10)17-13-7-9(14)5-6-12(13)15/h5-7,10-11,16H,2-4,8H2,1H3. The van der Waals surface area contributed by atoms with E-state index in [9.17, 15) is 8.78 Å². The third-order valence-electron chi connectivity index (χ3n) is 3.22. The summed E-state index contributed by atoms with van der Waals surface area (Å²) in [5.41, 5.74) is 0. The zero-order valence-corrected chi connectivity index (χ0v) is 9.88. The average Bonchev–Trinajstić information content (AvgIpc) is 2.34. The van der Waals surface area contributed by atoms with Gasteiger partial charge in [-0.15, -0.1) is 0 Å². The van der Waals surface area contributed by atoms with Gasteiger partial charge in [0.2, 0.25) is 0 Å². The Bertz CT molecular complexity index is 384. The number of hydrogen-bond acceptors (Lipinski definition) is 2. The maximum atomic E-state index is 13.4. The summed E-state index contributed by atoms with van der Waals surface area (Å²) in [5.74, 6) is -0.952. The summed E-state index contributed by atoms with van der Waals surface area (Å²) in [6.07, 6.45) is 3.87. The van der Waals surface area contributed by atoms with Gasteiger partial charge in [0.25, 0.3) is 0 Å². The predicted octanol–water partition coefficient (Wildman–Crippen LogP) is 2.87. The summed E-state index contributed by atoms with van der Waals surface area (Å²) < 4.78 is 31.9. The van der Waals surface area contributed by atoms with Crippen LogP contribution in [-0.2, 0) is 0 Å². The minimum Gasteiger partial charge on any atom is -0.487 e. The Labute approximate surface area is 100.0 Å². The lowest BCUT2D eigenvalue weighted by molar-refractivity contribution is 0.131. The van der Waals surface area contributed by atoms with Gasteiger partial charge in [-0.25, -0.2) is 8.78 Å². The van der Waals surface area contributed by atoms with Gasteiger partial charge in [0.1, 0.15) is 11.9 Å². The van der Waals surface area contributed by atoms with Gasteiger partial charge in [0, 0.05) is 12.1 Å². The van der Waals surface area contributed by atoms with Crippen LogP contribution in [0, 0.1) is 11.6 Å². The summed E-state index contributed by atoms with van der Waals surface area (Å²) in [6.45, 7) is 0. The summed E-state index contributed by atoms with van der Waals surface area (Å²) in [4.78, 5) is 0. The fraction of sp³-hybridized carbons (Fsp3) is 0.538. The Kier molecular flexibility index (Phi) is 3.94. The molecule has 2 unspecified atom stereocenters. The molecule has 2 rings (SSSR count). The molecular weight excluding hydrogens is 224 g/mol. The van der Waals surface area contributed by atoms with Crippen molar-refractivity contribution >= 4 is 0 Å². The normalized spacial score (nSPS) is 24.6. The first-order chi connectivity index (χ1) is 8.19. The van der Waals surface area contributed by atoms with E-state index in [2.05, 4.69) is 5.32 Å². The molecule has 1 aliphatic carbocycles. The largest absolute Gasteiger partial charge is 0.487 e. The van der Waals surface area contributed by atoms with Crippen LogP contribution >= 0.6 is 0 Å². The molecule has 17 heavy (non-hydrogen) atoms. The lowest BCUT2D eigenvalue weighted by Crippen LogP contribution is -2.36. The molecule has 0 aliphatic heterocycles. The van der Waals surface area contributed by atoms with Crippen LogP contribution < -0.4 is 10.1 Å². The van der Waals surface area contributed by atoms with Crippen molar-refractivity contribution in [3.8, 4) is 5.75 Å². The summed E-state index contributed by atoms with van der Waals surface area (Å²) in [6, 6.07) is 3.71. The number of nitrogens with one attached hydrogen (secondary N) is 1. The van der Waals surface area contributed by atoms with Crippen molar-refractivity contribution in [3.05, 3.63) is 29.8 Å². The second kappa shape index (κ2) is 5.45. The molecule has 1 saturated carbocycles. The van der Waals surface area contributed by atoms with Crippen molar-refractivity contribution in [2.75, 3.05) is 7.05 Å². The Morgan fingerprint density at radius 3 is 2.88 bits per heavy atom. The van der Waals surface area contributed by atoms with Gasteiger partial charge in [-0.05, 0) is 44.9 Å². The number of hydrogen-bond donors (Lipinski definition) is 1. The molecule has 1 fully saturated rings. The van der Waals surface area contributed by atoms with Gasteiger partial charge in [0.15, 0.2) is 11.6 Å². The summed E-state index contributed by atoms with van der Waals surface area (Å²) >= 11 is 0. The van der Waals surface area contributed by atoms with Crippen molar-refractivity contribution in [1.82, 2.24) is 5.32 Å². The molecule has 0 aromatic heterocycles. The molecule has 0 bridgehead atoms. The second-order valence-corrected chi connectivity index (χ2v) is 4.47. The summed E-state index contributed by atoms with van der Waals surface area (Å²) in [7, 11) is 1.91. The van der Waals surface area contributed by atoms with E-state index in [1.54, 1.807) is 0 Å². The quantitative estimate of drug-likeness (QED) is 0.878. The number of halogens is 2. The van der Waals surface area contributed by atoms with Gasteiger partial charge in [-0.2, -0.15) is 0 Å². The SMILES string of the molecule is CNC1CCCC(Oc2cc(F)ccc2F)C1. The first-order valence-corrected chi connectivity index (χ1v) is 5.98. The minimum absolute atomic E-state index is 0.0201. The smallest absolute Gasteiger partial charge is 0.165 e. The maximum Gasteiger partial charge on any atom is 0.165 e. The Hall–Kier alpha value is -1.16. The molecule has 1 N–H and O–H groups in total. The van der Waals surface area contributed by atoms with E-state index in [0.717, 1.165) is 43.9 Å². The van der Waals surface area contributed by atoms with Gasteiger partial charge in [0.05, 0.1) is 0 Å². The second-order valence-electron chi connectivity index (χ2n) is 4.47. The van der Waals surface area contributed by atoms with E-state index in [4.69, 9.17) is 4.74 Å². The molecule has 94 valence electrons. The molecule has 1 aliphatic rings. The van der Waals surface area contributed by atoms with Gasteiger partial charge in [-0.1, -0.05) is 0 Å². The highest BCUT2D eigenvalue weighted by Gasteiger charge is 2.23.